The van der Waals surface area contributed by atoms with Crippen LogP contribution in [0, 0.1) is 18.3 Å². The Morgan fingerprint density at radius 3 is 2.50 bits per heavy atom. The molecule has 0 radical (unpaired) electrons. The summed E-state index contributed by atoms with van der Waals surface area (Å²) in [5.41, 5.74) is 1.58. The lowest BCUT2D eigenvalue weighted by atomic mass is 10.2. The Bertz CT molecular complexity index is 420. The monoisotopic (exact) mass is 246 g/mol. The number of anilines is 1. The molecule has 0 aliphatic heterocycles. The molecule has 1 rings (SSSR count). The normalized spacial score (nSPS) is 10.4. The lowest BCUT2D eigenvalue weighted by Gasteiger charge is -2.25. The summed E-state index contributed by atoms with van der Waals surface area (Å²) in [5, 5.41) is 9.01. The summed E-state index contributed by atoms with van der Waals surface area (Å²) in [7, 11) is 4.13. The van der Waals surface area contributed by atoms with E-state index in [0.29, 0.717) is 5.56 Å². The van der Waals surface area contributed by atoms with Gasteiger partial charge in [0.05, 0.1) is 11.6 Å². The van der Waals surface area contributed by atoms with Crippen LogP contribution in [0.25, 0.3) is 0 Å². The second-order valence-electron chi connectivity index (χ2n) is 4.76. The van der Waals surface area contributed by atoms with E-state index in [9.17, 15) is 0 Å². The van der Waals surface area contributed by atoms with Crippen molar-refractivity contribution in [2.24, 2.45) is 0 Å². The quantitative estimate of drug-likeness (QED) is 0.770. The molecule has 0 aliphatic rings. The van der Waals surface area contributed by atoms with E-state index >= 15 is 0 Å². The van der Waals surface area contributed by atoms with Crippen molar-refractivity contribution in [2.45, 2.75) is 20.3 Å². The number of aromatic nitrogens is 1. The van der Waals surface area contributed by atoms with Crippen LogP contribution in [0.1, 0.15) is 24.6 Å². The highest BCUT2D eigenvalue weighted by Crippen LogP contribution is 2.15. The summed E-state index contributed by atoms with van der Waals surface area (Å²) >= 11 is 0. The highest BCUT2D eigenvalue weighted by atomic mass is 15.2. The fourth-order valence-corrected chi connectivity index (χ4v) is 1.81. The lowest BCUT2D eigenvalue weighted by Crippen LogP contribution is -2.33. The van der Waals surface area contributed by atoms with Crippen molar-refractivity contribution in [1.29, 1.82) is 5.26 Å². The van der Waals surface area contributed by atoms with Crippen molar-refractivity contribution in [1.82, 2.24) is 9.88 Å². The highest BCUT2D eigenvalue weighted by Gasteiger charge is 2.09. The van der Waals surface area contributed by atoms with Crippen LogP contribution in [0.4, 0.5) is 5.82 Å². The topological polar surface area (TPSA) is 43.2 Å². The number of nitriles is 1. The minimum atomic E-state index is 0.684. The van der Waals surface area contributed by atoms with Crippen molar-refractivity contribution >= 4 is 5.82 Å². The number of aryl methyl sites for hydroxylation is 1. The van der Waals surface area contributed by atoms with E-state index in [2.05, 4.69) is 41.9 Å². The van der Waals surface area contributed by atoms with Crippen molar-refractivity contribution in [3.05, 3.63) is 23.4 Å². The molecule has 0 amide bonds. The fraction of sp³-hybridized carbons (Fsp3) is 0.571. The largest absolute Gasteiger partial charge is 0.355 e. The SMILES string of the molecule is CCCN(CCN(C)C)c1cc(C#N)cc(C)n1. The van der Waals surface area contributed by atoms with E-state index in [4.69, 9.17) is 5.26 Å². The molecule has 98 valence electrons. The molecule has 1 aromatic rings. The van der Waals surface area contributed by atoms with Crippen LogP contribution in [-0.4, -0.2) is 43.6 Å². The third-order valence-corrected chi connectivity index (χ3v) is 2.70. The molecule has 0 bridgehead atoms. The smallest absolute Gasteiger partial charge is 0.130 e. The molecule has 4 heteroatoms. The molecular weight excluding hydrogens is 224 g/mol. The Morgan fingerprint density at radius 1 is 1.22 bits per heavy atom. The molecule has 0 spiro atoms. The van der Waals surface area contributed by atoms with Gasteiger partial charge in [-0.2, -0.15) is 5.26 Å². The minimum Gasteiger partial charge on any atom is -0.355 e. The molecule has 1 aromatic heterocycles. The van der Waals surface area contributed by atoms with Crippen LogP contribution in [0.5, 0.6) is 0 Å². The number of rotatable bonds is 6. The molecule has 0 aromatic carbocycles. The predicted molar refractivity (Wildman–Crippen MR) is 74.7 cm³/mol. The van der Waals surface area contributed by atoms with Crippen molar-refractivity contribution in [3.8, 4) is 6.07 Å². The molecule has 0 saturated carbocycles. The second kappa shape index (κ2) is 6.97. The highest BCUT2D eigenvalue weighted by molar-refractivity contribution is 5.46. The van der Waals surface area contributed by atoms with Gasteiger partial charge in [0.2, 0.25) is 0 Å². The first-order valence-corrected chi connectivity index (χ1v) is 6.35. The third-order valence-electron chi connectivity index (χ3n) is 2.70. The zero-order valence-electron chi connectivity index (χ0n) is 11.8. The van der Waals surface area contributed by atoms with Gasteiger partial charge in [0, 0.05) is 25.3 Å². The molecule has 0 aliphatic carbocycles. The molecule has 0 fully saturated rings. The third kappa shape index (κ3) is 4.34. The maximum Gasteiger partial charge on any atom is 0.130 e. The molecule has 1 heterocycles. The molecule has 0 atom stereocenters. The second-order valence-corrected chi connectivity index (χ2v) is 4.76. The maximum absolute atomic E-state index is 9.01. The Kier molecular flexibility index (Phi) is 5.60. The first-order valence-electron chi connectivity index (χ1n) is 6.35. The van der Waals surface area contributed by atoms with Gasteiger partial charge in [-0.1, -0.05) is 6.92 Å². The summed E-state index contributed by atoms with van der Waals surface area (Å²) < 4.78 is 0. The van der Waals surface area contributed by atoms with Crippen LogP contribution in [0.2, 0.25) is 0 Å². The van der Waals surface area contributed by atoms with Crippen LogP contribution < -0.4 is 4.90 Å². The Labute approximate surface area is 110 Å². The van der Waals surface area contributed by atoms with Crippen LogP contribution in [-0.2, 0) is 0 Å². The number of hydrogen-bond acceptors (Lipinski definition) is 4. The minimum absolute atomic E-state index is 0.684. The average molecular weight is 246 g/mol. The molecule has 0 saturated heterocycles. The fourth-order valence-electron chi connectivity index (χ4n) is 1.81. The van der Waals surface area contributed by atoms with Crippen LogP contribution in [0.3, 0.4) is 0 Å². The van der Waals surface area contributed by atoms with Gasteiger partial charge in [0.1, 0.15) is 5.82 Å². The van der Waals surface area contributed by atoms with Gasteiger partial charge in [-0.3, -0.25) is 0 Å². The van der Waals surface area contributed by atoms with Gasteiger partial charge in [-0.25, -0.2) is 4.98 Å². The van der Waals surface area contributed by atoms with E-state index in [1.165, 1.54) is 0 Å². The van der Waals surface area contributed by atoms with E-state index in [1.807, 2.05) is 19.1 Å². The summed E-state index contributed by atoms with van der Waals surface area (Å²) in [6, 6.07) is 5.89. The van der Waals surface area contributed by atoms with Gasteiger partial charge in [-0.05, 0) is 39.6 Å². The number of likely N-dealkylation sites (N-methyl/N-ethyl adjacent to an activating group) is 1. The Morgan fingerprint density at radius 2 is 1.94 bits per heavy atom. The summed E-state index contributed by atoms with van der Waals surface area (Å²) in [6.45, 7) is 6.97. The van der Waals surface area contributed by atoms with E-state index in [-0.39, 0.29) is 0 Å². The van der Waals surface area contributed by atoms with E-state index in [0.717, 1.165) is 37.6 Å². The summed E-state index contributed by atoms with van der Waals surface area (Å²) in [4.78, 5) is 8.94. The number of nitrogens with zero attached hydrogens (tertiary/aromatic N) is 4. The average Bonchev–Trinajstić information content (AvgIpc) is 2.33. The standard InChI is InChI=1S/C14H22N4/c1-5-6-18(8-7-17(3)4)14-10-13(11-15)9-12(2)16-14/h9-10H,5-8H2,1-4H3. The summed E-state index contributed by atoms with van der Waals surface area (Å²) in [5.74, 6) is 0.912. The zero-order valence-corrected chi connectivity index (χ0v) is 11.8. The predicted octanol–water partition coefficient (Wildman–Crippen LogP) is 2.04. The van der Waals surface area contributed by atoms with Gasteiger partial charge in [0.25, 0.3) is 0 Å². The zero-order chi connectivity index (χ0) is 13.5. The van der Waals surface area contributed by atoms with Crippen molar-refractivity contribution in [2.75, 3.05) is 38.6 Å². The summed E-state index contributed by atoms with van der Waals surface area (Å²) in [6.07, 6.45) is 1.07. The van der Waals surface area contributed by atoms with E-state index < -0.39 is 0 Å². The molecule has 18 heavy (non-hydrogen) atoms. The van der Waals surface area contributed by atoms with E-state index in [1.54, 1.807) is 0 Å². The van der Waals surface area contributed by atoms with Crippen LogP contribution in [0.15, 0.2) is 12.1 Å². The molecular formula is C14H22N4. The molecule has 0 N–H and O–H groups in total. The lowest BCUT2D eigenvalue weighted by molar-refractivity contribution is 0.412. The van der Waals surface area contributed by atoms with Crippen LogP contribution >= 0.6 is 0 Å². The van der Waals surface area contributed by atoms with Gasteiger partial charge in [0.15, 0.2) is 0 Å². The van der Waals surface area contributed by atoms with Gasteiger partial charge < -0.3 is 9.80 Å². The van der Waals surface area contributed by atoms with Crippen molar-refractivity contribution < 1.29 is 0 Å². The number of hydrogen-bond donors (Lipinski definition) is 0. The first kappa shape index (κ1) is 14.5. The number of pyridine rings is 1. The Hall–Kier alpha value is -1.60. The molecule has 0 unspecified atom stereocenters. The Balaban J connectivity index is 2.90. The van der Waals surface area contributed by atoms with Gasteiger partial charge in [-0.15, -0.1) is 0 Å². The maximum atomic E-state index is 9.01. The molecule has 4 nitrogen and oxygen atoms in total. The van der Waals surface area contributed by atoms with Gasteiger partial charge >= 0.3 is 0 Å². The van der Waals surface area contributed by atoms with Crippen molar-refractivity contribution in [3.63, 3.8) is 0 Å². The first-order chi connectivity index (χ1) is 8.56.